The highest BCUT2D eigenvalue weighted by atomic mass is 16.3. The molecule has 0 atom stereocenters. The van der Waals surface area contributed by atoms with E-state index in [0.29, 0.717) is 18.1 Å². The molecular weight excluding hydrogens is 234 g/mol. The zero-order valence-electron chi connectivity index (χ0n) is 13.2. The Hall–Kier alpha value is -0.0800. The summed E-state index contributed by atoms with van der Waals surface area (Å²) in [7, 11) is 0. The van der Waals surface area contributed by atoms with Crippen molar-refractivity contribution in [2.24, 2.45) is 5.41 Å². The summed E-state index contributed by atoms with van der Waals surface area (Å²) in [6.07, 6.45) is 14.4. The van der Waals surface area contributed by atoms with Gasteiger partial charge in [-0.25, -0.2) is 0 Å². The molecule has 0 bridgehead atoms. The molecule has 1 rings (SSSR count). The van der Waals surface area contributed by atoms with Crippen LogP contribution >= 0.6 is 0 Å². The van der Waals surface area contributed by atoms with Crippen molar-refractivity contribution in [2.45, 2.75) is 90.5 Å². The fourth-order valence-electron chi connectivity index (χ4n) is 2.92. The summed E-state index contributed by atoms with van der Waals surface area (Å²) in [6.45, 7) is 6.05. The minimum Gasteiger partial charge on any atom is -0.396 e. The second kappa shape index (κ2) is 9.77. The molecule has 114 valence electrons. The monoisotopic (exact) mass is 269 g/mol. The summed E-state index contributed by atoms with van der Waals surface area (Å²) in [5.41, 5.74) is 0.461. The summed E-state index contributed by atoms with van der Waals surface area (Å²) < 4.78 is 0. The average molecular weight is 269 g/mol. The first-order chi connectivity index (χ1) is 9.26. The molecule has 0 aromatic rings. The number of unbranched alkanes of at least 4 members (excludes halogenated alkanes) is 4. The number of aliphatic hydroxyl groups is 1. The molecule has 1 aliphatic carbocycles. The number of hydrogen-bond donors (Lipinski definition) is 2. The molecule has 2 heteroatoms. The zero-order valence-corrected chi connectivity index (χ0v) is 13.2. The van der Waals surface area contributed by atoms with Gasteiger partial charge in [0.1, 0.15) is 0 Å². The van der Waals surface area contributed by atoms with Crippen LogP contribution in [-0.2, 0) is 0 Å². The van der Waals surface area contributed by atoms with Crippen molar-refractivity contribution in [2.75, 3.05) is 13.2 Å². The highest BCUT2D eigenvalue weighted by molar-refractivity contribution is 4.95. The van der Waals surface area contributed by atoms with Crippen molar-refractivity contribution in [3.05, 3.63) is 0 Å². The van der Waals surface area contributed by atoms with Gasteiger partial charge in [-0.3, -0.25) is 0 Å². The van der Waals surface area contributed by atoms with Crippen LogP contribution in [0.1, 0.15) is 84.5 Å². The second-order valence-electron chi connectivity index (χ2n) is 6.54. The van der Waals surface area contributed by atoms with Crippen LogP contribution in [0.2, 0.25) is 0 Å². The SMILES string of the molecule is CCCCCC(CCCCC)NCC1(CCO)CC1. The quantitative estimate of drug-likeness (QED) is 0.489. The van der Waals surface area contributed by atoms with Crippen molar-refractivity contribution in [3.63, 3.8) is 0 Å². The van der Waals surface area contributed by atoms with Gasteiger partial charge in [-0.05, 0) is 37.5 Å². The molecule has 0 saturated heterocycles. The molecule has 1 fully saturated rings. The third-order valence-electron chi connectivity index (χ3n) is 4.68. The molecule has 2 N–H and O–H groups in total. The van der Waals surface area contributed by atoms with Gasteiger partial charge in [-0.15, -0.1) is 0 Å². The Morgan fingerprint density at radius 3 is 2.00 bits per heavy atom. The summed E-state index contributed by atoms with van der Waals surface area (Å²) in [5.74, 6) is 0. The van der Waals surface area contributed by atoms with E-state index in [2.05, 4.69) is 19.2 Å². The lowest BCUT2D eigenvalue weighted by Crippen LogP contribution is -2.34. The molecule has 0 spiro atoms. The minimum absolute atomic E-state index is 0.359. The second-order valence-corrected chi connectivity index (χ2v) is 6.54. The first-order valence-electron chi connectivity index (χ1n) is 8.60. The van der Waals surface area contributed by atoms with Crippen LogP contribution < -0.4 is 5.32 Å². The Labute approximate surface area is 120 Å². The molecular formula is C17H35NO. The molecule has 1 aliphatic rings. The van der Waals surface area contributed by atoms with E-state index in [1.807, 2.05) is 0 Å². The largest absolute Gasteiger partial charge is 0.396 e. The molecule has 0 aromatic heterocycles. The van der Waals surface area contributed by atoms with Crippen molar-refractivity contribution in [1.29, 1.82) is 0 Å². The highest BCUT2D eigenvalue weighted by Gasteiger charge is 2.41. The van der Waals surface area contributed by atoms with E-state index < -0.39 is 0 Å². The van der Waals surface area contributed by atoms with Crippen molar-refractivity contribution >= 4 is 0 Å². The van der Waals surface area contributed by atoms with E-state index >= 15 is 0 Å². The molecule has 0 unspecified atom stereocenters. The molecule has 19 heavy (non-hydrogen) atoms. The molecule has 0 amide bonds. The lowest BCUT2D eigenvalue weighted by atomic mass is 9.99. The van der Waals surface area contributed by atoms with Crippen LogP contribution in [0.4, 0.5) is 0 Å². The van der Waals surface area contributed by atoms with Crippen molar-refractivity contribution in [1.82, 2.24) is 5.32 Å². The summed E-state index contributed by atoms with van der Waals surface area (Å²) in [6, 6.07) is 0.717. The molecule has 0 heterocycles. The fourth-order valence-corrected chi connectivity index (χ4v) is 2.92. The third kappa shape index (κ3) is 7.31. The lowest BCUT2D eigenvalue weighted by Gasteiger charge is -2.22. The van der Waals surface area contributed by atoms with E-state index in [0.717, 1.165) is 13.0 Å². The predicted octanol–water partition coefficient (Wildman–Crippen LogP) is 4.27. The van der Waals surface area contributed by atoms with Crippen LogP contribution in [0.5, 0.6) is 0 Å². The van der Waals surface area contributed by atoms with Crippen LogP contribution in [0.25, 0.3) is 0 Å². The van der Waals surface area contributed by atoms with Gasteiger partial charge in [-0.2, -0.15) is 0 Å². The van der Waals surface area contributed by atoms with Gasteiger partial charge < -0.3 is 10.4 Å². The van der Waals surface area contributed by atoms with Gasteiger partial charge in [-0.1, -0.05) is 52.4 Å². The molecule has 0 radical (unpaired) electrons. The fraction of sp³-hybridized carbons (Fsp3) is 1.00. The van der Waals surface area contributed by atoms with Crippen molar-refractivity contribution < 1.29 is 5.11 Å². The first-order valence-corrected chi connectivity index (χ1v) is 8.60. The normalized spacial score (nSPS) is 17.1. The zero-order chi connectivity index (χ0) is 14.0. The third-order valence-corrected chi connectivity index (χ3v) is 4.68. The minimum atomic E-state index is 0.359. The maximum atomic E-state index is 9.13. The van der Waals surface area contributed by atoms with Crippen LogP contribution in [-0.4, -0.2) is 24.3 Å². The Bertz CT molecular complexity index is 203. The predicted molar refractivity (Wildman–Crippen MR) is 83.4 cm³/mol. The number of rotatable bonds is 13. The summed E-state index contributed by atoms with van der Waals surface area (Å²) in [4.78, 5) is 0. The standard InChI is InChI=1S/C17H35NO/c1-3-5-7-9-16(10-8-6-4-2)18-15-17(11-12-17)13-14-19/h16,18-19H,3-15H2,1-2H3. The van der Waals surface area contributed by atoms with E-state index in [-0.39, 0.29) is 0 Å². The van der Waals surface area contributed by atoms with Crippen LogP contribution in [0, 0.1) is 5.41 Å². The van der Waals surface area contributed by atoms with Gasteiger partial charge in [0.25, 0.3) is 0 Å². The highest BCUT2D eigenvalue weighted by Crippen LogP contribution is 2.48. The molecule has 0 aromatic carbocycles. The average Bonchev–Trinajstić information content (AvgIpc) is 3.16. The molecule has 2 nitrogen and oxygen atoms in total. The van der Waals surface area contributed by atoms with E-state index in [4.69, 9.17) is 5.11 Å². The van der Waals surface area contributed by atoms with Crippen LogP contribution in [0.3, 0.4) is 0 Å². The number of hydrogen-bond acceptors (Lipinski definition) is 2. The van der Waals surface area contributed by atoms with Gasteiger partial charge in [0, 0.05) is 19.2 Å². The van der Waals surface area contributed by atoms with E-state index in [1.165, 1.54) is 64.2 Å². The lowest BCUT2D eigenvalue weighted by molar-refractivity contribution is 0.239. The maximum Gasteiger partial charge on any atom is 0.0436 e. The van der Waals surface area contributed by atoms with Gasteiger partial charge in [0.2, 0.25) is 0 Å². The Kier molecular flexibility index (Phi) is 8.72. The Morgan fingerprint density at radius 2 is 1.58 bits per heavy atom. The van der Waals surface area contributed by atoms with E-state index in [1.54, 1.807) is 0 Å². The first kappa shape index (κ1) is 17.0. The topological polar surface area (TPSA) is 32.3 Å². The van der Waals surface area contributed by atoms with Crippen molar-refractivity contribution in [3.8, 4) is 0 Å². The van der Waals surface area contributed by atoms with Gasteiger partial charge in [0.05, 0.1) is 0 Å². The Morgan fingerprint density at radius 1 is 1.00 bits per heavy atom. The van der Waals surface area contributed by atoms with Crippen LogP contribution in [0.15, 0.2) is 0 Å². The summed E-state index contributed by atoms with van der Waals surface area (Å²) >= 11 is 0. The number of nitrogens with one attached hydrogen (secondary N) is 1. The summed E-state index contributed by atoms with van der Waals surface area (Å²) in [5, 5.41) is 12.9. The molecule has 1 saturated carbocycles. The van der Waals surface area contributed by atoms with E-state index in [9.17, 15) is 0 Å². The molecule has 0 aliphatic heterocycles. The smallest absolute Gasteiger partial charge is 0.0436 e. The van der Waals surface area contributed by atoms with Gasteiger partial charge in [0.15, 0.2) is 0 Å². The van der Waals surface area contributed by atoms with Gasteiger partial charge >= 0.3 is 0 Å². The number of aliphatic hydroxyl groups excluding tert-OH is 1. The maximum absolute atomic E-state index is 9.13. The Balaban J connectivity index is 2.22.